The van der Waals surface area contributed by atoms with Crippen molar-refractivity contribution >= 4 is 35.0 Å². The number of benzene rings is 2. The van der Waals surface area contributed by atoms with Crippen molar-refractivity contribution in [2.45, 2.75) is 50.5 Å². The van der Waals surface area contributed by atoms with Gasteiger partial charge < -0.3 is 24.5 Å². The molecule has 1 spiro atoms. The van der Waals surface area contributed by atoms with Crippen molar-refractivity contribution in [3.63, 3.8) is 0 Å². The van der Waals surface area contributed by atoms with E-state index < -0.39 is 29.1 Å². The molecule has 2 bridgehead atoms. The zero-order valence-corrected chi connectivity index (χ0v) is 25.6. The third-order valence-electron chi connectivity index (χ3n) is 9.47. The minimum Gasteiger partial charge on any atom is -0.396 e. The fraction of sp³-hybridized carbons (Fsp3) is 0.441. The van der Waals surface area contributed by atoms with Gasteiger partial charge in [-0.15, -0.1) is 13.2 Å². The summed E-state index contributed by atoms with van der Waals surface area (Å²) in [6, 6.07) is 15.7. The van der Waals surface area contributed by atoms with Crippen LogP contribution in [0.3, 0.4) is 0 Å². The van der Waals surface area contributed by atoms with Crippen molar-refractivity contribution in [3.8, 4) is 0 Å². The standard InChI is InChI=1S/C34H40ClN3O5/c1-5-17-36(22-24-13-8-7-9-14-24)30(40)27-28-31(41)38(19-12-20-39)29(34(28)21-23(3)33(27,4)43-34)32(42)37(18-6-2)26-16-11-10-15-25(26)35/h5-11,13-16,23,27-29,39H,1-2,12,17-22H2,3-4H3/t23?,27-,28+,29?,33+,34?/m1/s1. The molecule has 3 saturated heterocycles. The average Bonchev–Trinajstić information content (AvgIpc) is 3.51. The maximum atomic E-state index is 14.7. The van der Waals surface area contributed by atoms with Gasteiger partial charge in [0.2, 0.25) is 11.8 Å². The number of para-hydroxylation sites is 1. The predicted octanol–water partition coefficient (Wildman–Crippen LogP) is 4.47. The summed E-state index contributed by atoms with van der Waals surface area (Å²) in [6.07, 6.45) is 4.03. The fourth-order valence-corrected chi connectivity index (χ4v) is 7.76. The first-order valence-corrected chi connectivity index (χ1v) is 15.2. The number of rotatable bonds is 12. The van der Waals surface area contributed by atoms with Crippen LogP contribution in [0, 0.1) is 17.8 Å². The van der Waals surface area contributed by atoms with E-state index in [1.165, 1.54) is 9.80 Å². The van der Waals surface area contributed by atoms with Gasteiger partial charge >= 0.3 is 0 Å². The van der Waals surface area contributed by atoms with E-state index >= 15 is 0 Å². The number of amides is 3. The molecule has 5 rings (SSSR count). The number of likely N-dealkylation sites (tertiary alicyclic amines) is 1. The van der Waals surface area contributed by atoms with Crippen molar-refractivity contribution in [1.29, 1.82) is 0 Å². The molecule has 43 heavy (non-hydrogen) atoms. The fourth-order valence-electron chi connectivity index (χ4n) is 7.52. The summed E-state index contributed by atoms with van der Waals surface area (Å²) in [6.45, 7) is 12.5. The molecule has 228 valence electrons. The average molecular weight is 606 g/mol. The quantitative estimate of drug-likeness (QED) is 0.361. The monoisotopic (exact) mass is 605 g/mol. The van der Waals surface area contributed by atoms with E-state index in [0.717, 1.165) is 5.56 Å². The van der Waals surface area contributed by atoms with E-state index in [9.17, 15) is 19.5 Å². The number of aliphatic hydroxyl groups excluding tert-OH is 1. The van der Waals surface area contributed by atoms with Crippen LogP contribution in [0.5, 0.6) is 0 Å². The lowest BCUT2D eigenvalue weighted by Crippen LogP contribution is -2.57. The second kappa shape index (κ2) is 12.3. The van der Waals surface area contributed by atoms with E-state index in [4.69, 9.17) is 16.3 Å². The van der Waals surface area contributed by atoms with Crippen LogP contribution in [-0.4, -0.2) is 76.1 Å². The summed E-state index contributed by atoms with van der Waals surface area (Å²) in [7, 11) is 0. The van der Waals surface area contributed by atoms with Crippen molar-refractivity contribution in [2.75, 3.05) is 31.1 Å². The number of carbonyl (C=O) groups is 3. The van der Waals surface area contributed by atoms with Gasteiger partial charge in [-0.1, -0.05) is 73.1 Å². The molecule has 3 fully saturated rings. The Hall–Kier alpha value is -3.46. The van der Waals surface area contributed by atoms with E-state index in [1.807, 2.05) is 44.2 Å². The number of fused-ring (bicyclic) bond motifs is 1. The van der Waals surface area contributed by atoms with Crippen LogP contribution >= 0.6 is 11.6 Å². The van der Waals surface area contributed by atoms with Gasteiger partial charge in [0.15, 0.2) is 0 Å². The van der Waals surface area contributed by atoms with Crippen molar-refractivity contribution < 1.29 is 24.2 Å². The van der Waals surface area contributed by atoms with E-state index in [-0.39, 0.29) is 49.8 Å². The smallest absolute Gasteiger partial charge is 0.253 e. The molecule has 0 saturated carbocycles. The minimum atomic E-state index is -1.22. The lowest BCUT2D eigenvalue weighted by atomic mass is 9.62. The molecule has 6 atom stereocenters. The van der Waals surface area contributed by atoms with E-state index in [2.05, 4.69) is 13.2 Å². The molecular weight excluding hydrogens is 566 g/mol. The van der Waals surface area contributed by atoms with Gasteiger partial charge in [0.25, 0.3) is 5.91 Å². The molecule has 0 aliphatic carbocycles. The topological polar surface area (TPSA) is 90.4 Å². The number of ether oxygens (including phenoxy) is 1. The van der Waals surface area contributed by atoms with Crippen LogP contribution in [0.15, 0.2) is 79.9 Å². The Labute approximate surface area is 258 Å². The zero-order valence-electron chi connectivity index (χ0n) is 24.8. The minimum absolute atomic E-state index is 0.103. The summed E-state index contributed by atoms with van der Waals surface area (Å²) in [5.41, 5.74) is -0.707. The van der Waals surface area contributed by atoms with Crippen LogP contribution in [0.4, 0.5) is 5.69 Å². The largest absolute Gasteiger partial charge is 0.396 e. The van der Waals surface area contributed by atoms with E-state index in [1.54, 1.807) is 41.3 Å². The normalized spacial score (nSPS) is 28.9. The number of hydrogen-bond acceptors (Lipinski definition) is 5. The number of anilines is 1. The predicted molar refractivity (Wildman–Crippen MR) is 166 cm³/mol. The summed E-state index contributed by atoms with van der Waals surface area (Å²) in [5.74, 6) is -2.59. The van der Waals surface area contributed by atoms with Crippen LogP contribution in [0.2, 0.25) is 5.02 Å². The molecular formula is C34H40ClN3O5. The van der Waals surface area contributed by atoms with Crippen LogP contribution in [0.25, 0.3) is 0 Å². The van der Waals surface area contributed by atoms with Crippen molar-refractivity contribution in [1.82, 2.24) is 9.80 Å². The number of halogens is 1. The molecule has 2 aromatic carbocycles. The van der Waals surface area contributed by atoms with Gasteiger partial charge in [0, 0.05) is 32.8 Å². The first-order valence-electron chi connectivity index (χ1n) is 14.9. The number of aliphatic hydroxyl groups is 1. The third-order valence-corrected chi connectivity index (χ3v) is 9.79. The highest BCUT2D eigenvalue weighted by Crippen LogP contribution is 2.65. The Bertz CT molecular complexity index is 1400. The van der Waals surface area contributed by atoms with Gasteiger partial charge in [0.1, 0.15) is 11.6 Å². The summed E-state index contributed by atoms with van der Waals surface area (Å²) >= 11 is 6.55. The van der Waals surface area contributed by atoms with Crippen LogP contribution in [-0.2, 0) is 25.7 Å². The molecule has 9 heteroatoms. The maximum absolute atomic E-state index is 14.7. The first kappa shape index (κ1) is 31.0. The highest BCUT2D eigenvalue weighted by atomic mass is 35.5. The lowest BCUT2D eigenvalue weighted by Gasteiger charge is -2.39. The Morgan fingerprint density at radius 2 is 1.77 bits per heavy atom. The Kier molecular flexibility index (Phi) is 8.84. The molecule has 8 nitrogen and oxygen atoms in total. The summed E-state index contributed by atoms with van der Waals surface area (Å²) in [4.78, 5) is 48.4. The van der Waals surface area contributed by atoms with Crippen molar-refractivity contribution in [3.05, 3.63) is 90.5 Å². The number of hydrogen-bond donors (Lipinski definition) is 1. The maximum Gasteiger partial charge on any atom is 0.253 e. The second-order valence-corrected chi connectivity index (χ2v) is 12.4. The zero-order chi connectivity index (χ0) is 30.9. The molecule has 3 aliphatic rings. The number of carbonyl (C=O) groups excluding carboxylic acids is 3. The van der Waals surface area contributed by atoms with Gasteiger partial charge in [0.05, 0.1) is 28.1 Å². The summed E-state index contributed by atoms with van der Waals surface area (Å²) in [5, 5.41) is 10.1. The Morgan fingerprint density at radius 1 is 1.09 bits per heavy atom. The van der Waals surface area contributed by atoms with E-state index in [0.29, 0.717) is 30.2 Å². The van der Waals surface area contributed by atoms with Crippen LogP contribution < -0.4 is 4.90 Å². The highest BCUT2D eigenvalue weighted by Gasteiger charge is 2.80. The highest BCUT2D eigenvalue weighted by molar-refractivity contribution is 6.34. The Morgan fingerprint density at radius 3 is 2.42 bits per heavy atom. The first-order chi connectivity index (χ1) is 20.6. The number of nitrogens with zero attached hydrogens (tertiary/aromatic N) is 3. The van der Waals surface area contributed by atoms with Crippen molar-refractivity contribution in [2.24, 2.45) is 17.8 Å². The van der Waals surface area contributed by atoms with Gasteiger partial charge in [-0.3, -0.25) is 14.4 Å². The lowest BCUT2D eigenvalue weighted by molar-refractivity contribution is -0.151. The molecule has 0 aromatic heterocycles. The molecule has 3 unspecified atom stereocenters. The second-order valence-electron chi connectivity index (χ2n) is 12.0. The molecule has 0 radical (unpaired) electrons. The molecule has 3 amide bonds. The molecule has 2 aromatic rings. The summed E-state index contributed by atoms with van der Waals surface area (Å²) < 4.78 is 6.90. The molecule has 3 heterocycles. The molecule has 1 N–H and O–H groups in total. The third kappa shape index (κ3) is 5.09. The van der Waals surface area contributed by atoms with Gasteiger partial charge in [-0.25, -0.2) is 0 Å². The SMILES string of the molecule is C=CCN(Cc1ccccc1)C(=O)[C@H]1[C@H]2C(=O)N(CCCO)C(C(=O)N(CC=C)c3ccccc3Cl)C23CC(C)[C@]1(C)O3. The molecule has 3 aliphatic heterocycles. The van der Waals surface area contributed by atoms with Gasteiger partial charge in [-0.2, -0.15) is 0 Å². The van der Waals surface area contributed by atoms with Gasteiger partial charge in [-0.05, 0) is 43.4 Å². The Balaban J connectivity index is 1.59. The van der Waals surface area contributed by atoms with Crippen LogP contribution in [0.1, 0.15) is 32.3 Å².